The van der Waals surface area contributed by atoms with E-state index in [0.717, 1.165) is 30.6 Å². The molecule has 0 bridgehead atoms. The van der Waals surface area contributed by atoms with Gasteiger partial charge in [0, 0.05) is 6.54 Å². The summed E-state index contributed by atoms with van der Waals surface area (Å²) in [6.45, 7) is 4.85. The molecule has 0 aliphatic carbocycles. The second-order valence-corrected chi connectivity index (χ2v) is 4.86. The van der Waals surface area contributed by atoms with E-state index >= 15 is 0 Å². The van der Waals surface area contributed by atoms with E-state index in [1.807, 2.05) is 6.92 Å². The molecule has 0 aromatic carbocycles. The molecule has 0 radical (unpaired) electrons. The quantitative estimate of drug-likeness (QED) is 0.682. The van der Waals surface area contributed by atoms with E-state index in [1.165, 1.54) is 11.0 Å². The molecule has 19 heavy (non-hydrogen) atoms. The van der Waals surface area contributed by atoms with Crippen LogP contribution in [0, 0.1) is 11.7 Å². The summed E-state index contributed by atoms with van der Waals surface area (Å²) in [5, 5.41) is 15.6. The summed E-state index contributed by atoms with van der Waals surface area (Å²) in [6.07, 6.45) is 5.30. The first-order valence-corrected chi connectivity index (χ1v) is 6.81. The van der Waals surface area contributed by atoms with Gasteiger partial charge in [-0.1, -0.05) is 24.9 Å². The van der Waals surface area contributed by atoms with Gasteiger partial charge in [0.2, 0.25) is 4.77 Å². The topological polar surface area (TPSA) is 63.8 Å². The molecule has 0 spiro atoms. The molecule has 2 rings (SSSR count). The Balaban J connectivity index is 2.25. The lowest BCUT2D eigenvalue weighted by Gasteiger charge is -2.00. The van der Waals surface area contributed by atoms with Crippen LogP contribution in [0.2, 0.25) is 5.15 Å². The summed E-state index contributed by atoms with van der Waals surface area (Å²) in [6, 6.07) is 0. The number of aromatic amines is 1. The summed E-state index contributed by atoms with van der Waals surface area (Å²) in [4.78, 5) is 0. The van der Waals surface area contributed by atoms with Crippen molar-refractivity contribution in [2.75, 3.05) is 0 Å². The highest BCUT2D eigenvalue weighted by molar-refractivity contribution is 7.71. The van der Waals surface area contributed by atoms with Gasteiger partial charge in [-0.2, -0.15) is 20.0 Å². The van der Waals surface area contributed by atoms with E-state index in [4.69, 9.17) is 23.8 Å². The van der Waals surface area contributed by atoms with E-state index in [1.54, 1.807) is 10.9 Å². The van der Waals surface area contributed by atoms with Crippen LogP contribution in [0.15, 0.2) is 11.4 Å². The number of nitrogens with zero attached hydrogens (tertiary/aromatic N) is 5. The van der Waals surface area contributed by atoms with Crippen LogP contribution in [0.1, 0.15) is 31.0 Å². The van der Waals surface area contributed by atoms with Crippen LogP contribution < -0.4 is 0 Å². The molecule has 0 atom stereocenters. The van der Waals surface area contributed by atoms with Gasteiger partial charge < -0.3 is 0 Å². The summed E-state index contributed by atoms with van der Waals surface area (Å²) < 4.78 is 3.70. The maximum absolute atomic E-state index is 6.30. The fourth-order valence-corrected chi connectivity index (χ4v) is 2.07. The molecule has 0 fully saturated rings. The summed E-state index contributed by atoms with van der Waals surface area (Å²) in [5.41, 5.74) is 1.65. The van der Waals surface area contributed by atoms with Crippen molar-refractivity contribution < 1.29 is 0 Å². The van der Waals surface area contributed by atoms with Gasteiger partial charge in [0.25, 0.3) is 0 Å². The Labute approximate surface area is 121 Å². The number of H-pyrrole nitrogens is 1. The van der Waals surface area contributed by atoms with E-state index in [0.29, 0.717) is 9.92 Å². The van der Waals surface area contributed by atoms with E-state index in [-0.39, 0.29) is 0 Å². The number of aromatic nitrogens is 5. The molecular formula is C11H15ClN6S. The number of hydrogen-bond acceptors (Lipinski definition) is 4. The Bertz CT molecular complexity index is 638. The highest BCUT2D eigenvalue weighted by Crippen LogP contribution is 2.18. The van der Waals surface area contributed by atoms with Gasteiger partial charge in [0.15, 0.2) is 0 Å². The summed E-state index contributed by atoms with van der Waals surface area (Å²) >= 11 is 11.3. The molecule has 0 amide bonds. The van der Waals surface area contributed by atoms with Gasteiger partial charge in [-0.05, 0) is 25.6 Å². The standard InChI is InChI=1S/C11H15ClN6S/c1-3-4-5-17-10(12)9(8(2)16-17)6-14-18-7-13-15-11(18)19/h6-7H,3-5H2,1-2H3,(H,15,19). The largest absolute Gasteiger partial charge is 0.253 e. The maximum atomic E-state index is 6.30. The lowest BCUT2D eigenvalue weighted by molar-refractivity contribution is 0.569. The molecule has 6 nitrogen and oxygen atoms in total. The first kappa shape index (κ1) is 14.0. The second-order valence-electron chi connectivity index (χ2n) is 4.12. The lowest BCUT2D eigenvalue weighted by atomic mass is 10.3. The number of nitrogens with one attached hydrogen (secondary N) is 1. The maximum Gasteiger partial charge on any atom is 0.216 e. The van der Waals surface area contributed by atoms with Crippen molar-refractivity contribution in [2.45, 2.75) is 33.2 Å². The molecule has 0 unspecified atom stereocenters. The van der Waals surface area contributed by atoms with Crippen LogP contribution in [-0.2, 0) is 6.54 Å². The first-order chi connectivity index (χ1) is 9.13. The van der Waals surface area contributed by atoms with Crippen LogP contribution >= 0.6 is 23.8 Å². The number of halogens is 1. The fourth-order valence-electron chi connectivity index (χ4n) is 1.61. The Hall–Kier alpha value is -1.47. The molecule has 102 valence electrons. The van der Waals surface area contributed by atoms with Gasteiger partial charge in [0.1, 0.15) is 11.5 Å². The minimum Gasteiger partial charge on any atom is -0.253 e. The van der Waals surface area contributed by atoms with E-state index in [2.05, 4.69) is 27.3 Å². The summed E-state index contributed by atoms with van der Waals surface area (Å²) in [5.74, 6) is 0. The van der Waals surface area contributed by atoms with Crippen molar-refractivity contribution >= 4 is 30.0 Å². The Morgan fingerprint density at radius 1 is 1.58 bits per heavy atom. The van der Waals surface area contributed by atoms with Crippen LogP contribution in [0.3, 0.4) is 0 Å². The molecule has 0 aliphatic heterocycles. The van der Waals surface area contributed by atoms with Gasteiger partial charge >= 0.3 is 0 Å². The molecule has 0 aliphatic rings. The zero-order chi connectivity index (χ0) is 13.8. The molecule has 1 N–H and O–H groups in total. The molecule has 0 saturated carbocycles. The molecule has 2 aromatic heterocycles. The monoisotopic (exact) mass is 298 g/mol. The number of hydrogen-bond donors (Lipinski definition) is 1. The van der Waals surface area contributed by atoms with Crippen molar-refractivity contribution in [2.24, 2.45) is 5.10 Å². The van der Waals surface area contributed by atoms with Crippen molar-refractivity contribution in [3.63, 3.8) is 0 Å². The Kier molecular flexibility index (Phi) is 4.49. The first-order valence-electron chi connectivity index (χ1n) is 6.02. The average Bonchev–Trinajstić information content (AvgIpc) is 2.90. The molecule has 2 aromatic rings. The predicted octanol–water partition coefficient (Wildman–Crippen LogP) is 2.78. The fraction of sp³-hybridized carbons (Fsp3) is 0.455. The zero-order valence-corrected chi connectivity index (χ0v) is 12.4. The van der Waals surface area contributed by atoms with Crippen LogP contribution in [0.25, 0.3) is 0 Å². The van der Waals surface area contributed by atoms with Crippen molar-refractivity contribution in [1.29, 1.82) is 0 Å². The SMILES string of the molecule is CCCCn1nc(C)c(C=Nn2cn[nH]c2=S)c1Cl. The summed E-state index contributed by atoms with van der Waals surface area (Å²) in [7, 11) is 0. The lowest BCUT2D eigenvalue weighted by Crippen LogP contribution is -2.00. The average molecular weight is 299 g/mol. The highest BCUT2D eigenvalue weighted by Gasteiger charge is 2.11. The van der Waals surface area contributed by atoms with Gasteiger partial charge in [0.05, 0.1) is 17.5 Å². The van der Waals surface area contributed by atoms with Gasteiger partial charge in [-0.25, -0.2) is 0 Å². The second kappa shape index (κ2) is 6.12. The Morgan fingerprint density at radius 2 is 2.37 bits per heavy atom. The van der Waals surface area contributed by atoms with E-state index < -0.39 is 0 Å². The third kappa shape index (κ3) is 3.10. The van der Waals surface area contributed by atoms with Crippen molar-refractivity contribution in [1.82, 2.24) is 24.7 Å². The predicted molar refractivity (Wildman–Crippen MR) is 77.3 cm³/mol. The third-order valence-electron chi connectivity index (χ3n) is 2.68. The van der Waals surface area contributed by atoms with Crippen LogP contribution in [0.4, 0.5) is 0 Å². The smallest absolute Gasteiger partial charge is 0.216 e. The third-order valence-corrected chi connectivity index (χ3v) is 3.36. The minimum atomic E-state index is 0.434. The number of aryl methyl sites for hydroxylation is 2. The van der Waals surface area contributed by atoms with Crippen molar-refractivity contribution in [3.8, 4) is 0 Å². The van der Waals surface area contributed by atoms with Crippen LogP contribution in [-0.4, -0.2) is 30.9 Å². The Morgan fingerprint density at radius 3 is 3.00 bits per heavy atom. The molecule has 8 heteroatoms. The van der Waals surface area contributed by atoms with Crippen LogP contribution in [0.5, 0.6) is 0 Å². The number of unbranched alkanes of at least 4 members (excludes halogenated alkanes) is 1. The van der Waals surface area contributed by atoms with Gasteiger partial charge in [-0.15, -0.1) is 0 Å². The van der Waals surface area contributed by atoms with E-state index in [9.17, 15) is 0 Å². The minimum absolute atomic E-state index is 0.434. The molecular weight excluding hydrogens is 284 g/mol. The highest BCUT2D eigenvalue weighted by atomic mass is 35.5. The number of rotatable bonds is 5. The zero-order valence-electron chi connectivity index (χ0n) is 10.8. The molecule has 0 saturated heterocycles. The molecule has 2 heterocycles. The normalized spacial score (nSPS) is 11.5. The van der Waals surface area contributed by atoms with Crippen molar-refractivity contribution in [3.05, 3.63) is 27.5 Å². The van der Waals surface area contributed by atoms with Gasteiger partial charge in [-0.3, -0.25) is 9.78 Å².